The minimum atomic E-state index is -0.272. The molecule has 0 saturated carbocycles. The van der Waals surface area contributed by atoms with E-state index in [1.807, 2.05) is 24.3 Å². The molecule has 25 heavy (non-hydrogen) atoms. The van der Waals surface area contributed by atoms with Crippen LogP contribution in [0.2, 0.25) is 0 Å². The molecule has 0 bridgehead atoms. The van der Waals surface area contributed by atoms with E-state index in [1.54, 1.807) is 24.3 Å². The summed E-state index contributed by atoms with van der Waals surface area (Å²) in [5.74, 6) is -0.531. The molecule has 0 amide bonds. The van der Waals surface area contributed by atoms with E-state index >= 15 is 0 Å². The monoisotopic (exact) mass is 334 g/mol. The third-order valence-electron chi connectivity index (χ3n) is 4.34. The Morgan fingerprint density at radius 2 is 1.44 bits per heavy atom. The fourth-order valence-electron chi connectivity index (χ4n) is 3.04. The highest BCUT2D eigenvalue weighted by Crippen LogP contribution is 2.35. The van der Waals surface area contributed by atoms with Gasteiger partial charge in [-0.3, -0.25) is 4.99 Å². The second-order valence-corrected chi connectivity index (χ2v) is 6.04. The maximum atomic E-state index is 13.3. The first-order valence-corrected chi connectivity index (χ1v) is 8.13. The number of anilines is 1. The number of hydrogen-bond acceptors (Lipinski definition) is 2. The summed E-state index contributed by atoms with van der Waals surface area (Å²) in [6.07, 6.45) is 0.617. The highest BCUT2D eigenvalue weighted by molar-refractivity contribution is 6.04. The summed E-state index contributed by atoms with van der Waals surface area (Å²) in [7, 11) is 0. The van der Waals surface area contributed by atoms with Crippen LogP contribution in [-0.2, 0) is 0 Å². The SMILES string of the molecule is Fc1ccc(C2=Nc3ccccc3N[C@H](c3ccc(F)cc3)C2)cc1. The Kier molecular flexibility index (Phi) is 4.02. The van der Waals surface area contributed by atoms with Crippen LogP contribution in [0, 0.1) is 11.6 Å². The molecule has 4 rings (SSSR count). The van der Waals surface area contributed by atoms with Crippen LogP contribution in [0.5, 0.6) is 0 Å². The van der Waals surface area contributed by atoms with Crippen LogP contribution in [0.15, 0.2) is 77.8 Å². The van der Waals surface area contributed by atoms with Crippen molar-refractivity contribution < 1.29 is 8.78 Å². The van der Waals surface area contributed by atoms with E-state index in [0.717, 1.165) is 28.2 Å². The summed E-state index contributed by atoms with van der Waals surface area (Å²) in [6, 6.07) is 20.6. The van der Waals surface area contributed by atoms with Gasteiger partial charge in [0.1, 0.15) is 11.6 Å². The molecule has 3 aromatic carbocycles. The number of benzene rings is 3. The standard InChI is InChI=1S/C21H16F2N2/c22-16-9-5-14(6-10-16)20-13-21(15-7-11-17(23)12-8-15)25-19-4-2-1-3-18(19)24-20/h1-12,20,24H,13H2/t20-/m0/s1. The van der Waals surface area contributed by atoms with Crippen molar-refractivity contribution in [1.82, 2.24) is 0 Å². The fourth-order valence-corrected chi connectivity index (χ4v) is 3.04. The maximum absolute atomic E-state index is 13.3. The minimum absolute atomic E-state index is 0.0481. The van der Waals surface area contributed by atoms with Crippen LogP contribution in [0.4, 0.5) is 20.2 Å². The summed E-state index contributed by atoms with van der Waals surface area (Å²) in [5, 5.41) is 3.50. The Labute approximate surface area is 144 Å². The lowest BCUT2D eigenvalue weighted by molar-refractivity contribution is 0.626. The molecule has 4 heteroatoms. The highest BCUT2D eigenvalue weighted by atomic mass is 19.1. The number of halogens is 2. The molecular weight excluding hydrogens is 318 g/mol. The van der Waals surface area contributed by atoms with Crippen molar-refractivity contribution in [1.29, 1.82) is 0 Å². The van der Waals surface area contributed by atoms with Crippen LogP contribution in [-0.4, -0.2) is 5.71 Å². The van der Waals surface area contributed by atoms with Gasteiger partial charge in [-0.05, 0) is 47.5 Å². The van der Waals surface area contributed by atoms with Gasteiger partial charge in [0, 0.05) is 6.42 Å². The lowest BCUT2D eigenvalue weighted by atomic mass is 9.97. The van der Waals surface area contributed by atoms with Gasteiger partial charge >= 0.3 is 0 Å². The molecule has 1 atom stereocenters. The average Bonchev–Trinajstić information content (AvgIpc) is 2.82. The number of aliphatic imine (C=N–C) groups is 1. The Morgan fingerprint density at radius 1 is 0.800 bits per heavy atom. The third kappa shape index (κ3) is 3.29. The second kappa shape index (κ2) is 6.48. The van der Waals surface area contributed by atoms with Crippen molar-refractivity contribution in [2.75, 3.05) is 5.32 Å². The Hall–Kier alpha value is -3.01. The number of para-hydroxylation sites is 2. The summed E-state index contributed by atoms with van der Waals surface area (Å²) < 4.78 is 26.5. The molecular formula is C21H16F2N2. The normalized spacial score (nSPS) is 16.4. The first kappa shape index (κ1) is 15.5. The van der Waals surface area contributed by atoms with Gasteiger partial charge in [-0.1, -0.05) is 36.4 Å². The molecule has 0 fully saturated rings. The molecule has 124 valence electrons. The average molecular weight is 334 g/mol. The van der Waals surface area contributed by atoms with Gasteiger partial charge < -0.3 is 5.32 Å². The number of rotatable bonds is 2. The highest BCUT2D eigenvalue weighted by Gasteiger charge is 2.21. The van der Waals surface area contributed by atoms with Gasteiger partial charge in [0.25, 0.3) is 0 Å². The molecule has 2 nitrogen and oxygen atoms in total. The van der Waals surface area contributed by atoms with Gasteiger partial charge in [-0.2, -0.15) is 0 Å². The first-order valence-electron chi connectivity index (χ1n) is 8.13. The van der Waals surface area contributed by atoms with Crippen molar-refractivity contribution in [3.05, 3.63) is 95.6 Å². The Morgan fingerprint density at radius 3 is 2.16 bits per heavy atom. The summed E-state index contributed by atoms with van der Waals surface area (Å²) in [4.78, 5) is 4.79. The summed E-state index contributed by atoms with van der Waals surface area (Å²) >= 11 is 0. The largest absolute Gasteiger partial charge is 0.376 e. The third-order valence-corrected chi connectivity index (χ3v) is 4.34. The van der Waals surface area contributed by atoms with Crippen molar-refractivity contribution in [3.63, 3.8) is 0 Å². The zero-order valence-electron chi connectivity index (χ0n) is 13.4. The van der Waals surface area contributed by atoms with Gasteiger partial charge in [0.05, 0.1) is 23.1 Å². The van der Waals surface area contributed by atoms with Gasteiger partial charge in [-0.15, -0.1) is 0 Å². The van der Waals surface area contributed by atoms with Gasteiger partial charge in [0.15, 0.2) is 0 Å². The molecule has 0 spiro atoms. The number of nitrogens with zero attached hydrogens (tertiary/aromatic N) is 1. The molecule has 0 aliphatic carbocycles. The summed E-state index contributed by atoms with van der Waals surface area (Å²) in [5.41, 5.74) is 4.49. The Bertz CT molecular complexity index is 915. The molecule has 1 aliphatic rings. The van der Waals surface area contributed by atoms with Gasteiger partial charge in [0.2, 0.25) is 0 Å². The smallest absolute Gasteiger partial charge is 0.123 e. The number of fused-ring (bicyclic) bond motifs is 1. The van der Waals surface area contributed by atoms with E-state index in [4.69, 9.17) is 4.99 Å². The number of nitrogens with one attached hydrogen (secondary N) is 1. The van der Waals surface area contributed by atoms with Crippen molar-refractivity contribution in [3.8, 4) is 0 Å². The van der Waals surface area contributed by atoms with E-state index in [2.05, 4.69) is 5.32 Å². The lowest BCUT2D eigenvalue weighted by Gasteiger charge is -2.19. The van der Waals surface area contributed by atoms with Crippen LogP contribution in [0.3, 0.4) is 0 Å². The quantitative estimate of drug-likeness (QED) is 0.644. The lowest BCUT2D eigenvalue weighted by Crippen LogP contribution is -2.14. The molecule has 1 N–H and O–H groups in total. The molecule has 0 aromatic heterocycles. The zero-order chi connectivity index (χ0) is 17.2. The maximum Gasteiger partial charge on any atom is 0.123 e. The summed E-state index contributed by atoms with van der Waals surface area (Å²) in [6.45, 7) is 0. The van der Waals surface area contributed by atoms with Crippen LogP contribution < -0.4 is 5.32 Å². The Balaban J connectivity index is 1.78. The van der Waals surface area contributed by atoms with Crippen LogP contribution in [0.1, 0.15) is 23.6 Å². The predicted octanol–water partition coefficient (Wildman–Crippen LogP) is 5.64. The first-order chi connectivity index (χ1) is 12.2. The molecule has 1 heterocycles. The molecule has 1 aliphatic heterocycles. The van der Waals surface area contributed by atoms with Crippen molar-refractivity contribution in [2.45, 2.75) is 12.5 Å². The van der Waals surface area contributed by atoms with E-state index in [1.165, 1.54) is 24.3 Å². The van der Waals surface area contributed by atoms with E-state index in [0.29, 0.717) is 6.42 Å². The molecule has 3 aromatic rings. The molecule has 0 radical (unpaired) electrons. The molecule has 0 saturated heterocycles. The van der Waals surface area contributed by atoms with Crippen LogP contribution >= 0.6 is 0 Å². The zero-order valence-corrected chi connectivity index (χ0v) is 13.4. The van der Waals surface area contributed by atoms with Crippen molar-refractivity contribution in [2.24, 2.45) is 4.99 Å². The van der Waals surface area contributed by atoms with E-state index in [-0.39, 0.29) is 17.7 Å². The molecule has 0 unspecified atom stereocenters. The number of hydrogen-bond donors (Lipinski definition) is 1. The van der Waals surface area contributed by atoms with E-state index < -0.39 is 0 Å². The van der Waals surface area contributed by atoms with Crippen molar-refractivity contribution >= 4 is 17.1 Å². The van der Waals surface area contributed by atoms with Gasteiger partial charge in [-0.25, -0.2) is 8.78 Å². The topological polar surface area (TPSA) is 24.4 Å². The van der Waals surface area contributed by atoms with Crippen LogP contribution in [0.25, 0.3) is 0 Å². The van der Waals surface area contributed by atoms with E-state index in [9.17, 15) is 8.78 Å². The minimum Gasteiger partial charge on any atom is -0.376 e. The second-order valence-electron chi connectivity index (χ2n) is 6.04. The predicted molar refractivity (Wildman–Crippen MR) is 96.4 cm³/mol. The fraction of sp³-hybridized carbons (Fsp3) is 0.0952.